The van der Waals surface area contributed by atoms with E-state index in [1.54, 1.807) is 24.3 Å². The Morgan fingerprint density at radius 3 is 2.05 bits per heavy atom. The Morgan fingerprint density at radius 1 is 0.900 bits per heavy atom. The minimum atomic E-state index is 0.0649. The molecule has 0 aromatic heterocycles. The number of aromatic hydroxyl groups is 2. The predicted octanol–water partition coefficient (Wildman–Crippen LogP) is 5.79. The quantitative estimate of drug-likeness (QED) is 0.531. The third-order valence-corrected chi connectivity index (χ3v) is 4.44. The summed E-state index contributed by atoms with van der Waals surface area (Å²) in [5.74, 6) is 0.173. The van der Waals surface area contributed by atoms with Crippen LogP contribution in [0.5, 0.6) is 11.5 Å². The Labute approximate surface area is 145 Å². The molecular weight excluding hydrogens is 477 g/mol. The average molecular weight is 484 g/mol. The van der Waals surface area contributed by atoms with E-state index in [9.17, 15) is 10.2 Å². The van der Waals surface area contributed by atoms with Crippen LogP contribution in [0.2, 0.25) is 5.02 Å². The summed E-state index contributed by atoms with van der Waals surface area (Å²) in [6.07, 6.45) is 1.50. The molecule has 0 fully saturated rings. The molecule has 2 N–H and O–H groups in total. The average Bonchev–Trinajstić information content (AvgIpc) is 2.38. The monoisotopic (exact) mass is 481 g/mol. The van der Waals surface area contributed by atoms with Crippen LogP contribution in [0.15, 0.2) is 42.7 Å². The van der Waals surface area contributed by atoms with E-state index in [4.69, 9.17) is 11.6 Å². The maximum absolute atomic E-state index is 9.90. The van der Waals surface area contributed by atoms with Crippen LogP contribution >= 0.6 is 59.4 Å². The molecule has 0 aliphatic rings. The summed E-state index contributed by atoms with van der Waals surface area (Å²) in [4.78, 5) is 4.25. The molecule has 7 heteroatoms. The van der Waals surface area contributed by atoms with Gasteiger partial charge in [-0.1, -0.05) is 11.6 Å². The highest BCUT2D eigenvalue weighted by Crippen LogP contribution is 2.36. The van der Waals surface area contributed by atoms with Crippen molar-refractivity contribution >= 4 is 71.3 Å². The van der Waals surface area contributed by atoms with Gasteiger partial charge in [0.2, 0.25) is 0 Å². The molecule has 0 amide bonds. The van der Waals surface area contributed by atoms with Crippen molar-refractivity contribution in [3.8, 4) is 11.5 Å². The van der Waals surface area contributed by atoms with Crippen molar-refractivity contribution < 1.29 is 10.2 Å². The molecule has 0 heterocycles. The van der Waals surface area contributed by atoms with E-state index in [0.717, 1.165) is 0 Å². The summed E-state index contributed by atoms with van der Waals surface area (Å²) in [7, 11) is 0. The number of phenols is 2. The number of halogens is 4. The van der Waals surface area contributed by atoms with Crippen LogP contribution in [0.4, 0.5) is 5.69 Å². The second kappa shape index (κ2) is 6.47. The number of aliphatic imine (C=N–C) groups is 1. The molecule has 0 atom stereocenters. The Hall–Kier alpha value is -0.560. The maximum atomic E-state index is 9.90. The SMILES string of the molecule is Oc1c(Br)cc(N=Cc2cc(Cl)cc(Br)c2O)cc1Br. The number of rotatable bonds is 2. The summed E-state index contributed by atoms with van der Waals surface area (Å²) < 4.78 is 1.55. The van der Waals surface area contributed by atoms with Gasteiger partial charge >= 0.3 is 0 Å². The second-order valence-electron chi connectivity index (χ2n) is 3.84. The van der Waals surface area contributed by atoms with Gasteiger partial charge in [0.05, 0.1) is 19.1 Å². The standard InChI is InChI=1S/C13H7Br3ClNO2/c14-9-2-7(17)1-6(12(9)19)5-18-8-3-10(15)13(20)11(16)4-8/h1-5,19-20H. The molecule has 0 saturated carbocycles. The molecule has 2 rings (SSSR count). The maximum Gasteiger partial charge on any atom is 0.144 e. The van der Waals surface area contributed by atoms with Gasteiger partial charge < -0.3 is 10.2 Å². The third kappa shape index (κ3) is 3.55. The topological polar surface area (TPSA) is 52.8 Å². The van der Waals surface area contributed by atoms with Crippen LogP contribution in [0, 0.1) is 0 Å². The van der Waals surface area contributed by atoms with Gasteiger partial charge in [-0.2, -0.15) is 0 Å². The first kappa shape index (κ1) is 15.8. The number of hydrogen-bond acceptors (Lipinski definition) is 3. The molecule has 0 aliphatic heterocycles. The van der Waals surface area contributed by atoms with Crippen LogP contribution < -0.4 is 0 Å². The summed E-state index contributed by atoms with van der Waals surface area (Å²) in [5, 5.41) is 20.0. The highest BCUT2D eigenvalue weighted by Gasteiger charge is 2.07. The van der Waals surface area contributed by atoms with Gasteiger partial charge in [0.25, 0.3) is 0 Å². The van der Waals surface area contributed by atoms with Crippen molar-refractivity contribution in [3.05, 3.63) is 48.3 Å². The number of hydrogen-bond donors (Lipinski definition) is 2. The van der Waals surface area contributed by atoms with E-state index in [-0.39, 0.29) is 11.5 Å². The second-order valence-corrected chi connectivity index (χ2v) is 6.84. The van der Waals surface area contributed by atoms with Gasteiger partial charge in [0.1, 0.15) is 11.5 Å². The summed E-state index contributed by atoms with van der Waals surface area (Å²) in [6.45, 7) is 0. The third-order valence-electron chi connectivity index (χ3n) is 2.41. The van der Waals surface area contributed by atoms with Crippen LogP contribution in [0.1, 0.15) is 5.56 Å². The first-order chi connectivity index (χ1) is 9.38. The Morgan fingerprint density at radius 2 is 1.45 bits per heavy atom. The van der Waals surface area contributed by atoms with Gasteiger partial charge in [-0.15, -0.1) is 0 Å². The molecule has 20 heavy (non-hydrogen) atoms. The van der Waals surface area contributed by atoms with Crippen molar-refractivity contribution in [2.24, 2.45) is 4.99 Å². The van der Waals surface area contributed by atoms with E-state index in [0.29, 0.717) is 29.7 Å². The number of benzene rings is 2. The lowest BCUT2D eigenvalue weighted by Gasteiger charge is -2.04. The minimum absolute atomic E-state index is 0.0649. The smallest absolute Gasteiger partial charge is 0.144 e. The van der Waals surface area contributed by atoms with Crippen molar-refractivity contribution in [1.29, 1.82) is 0 Å². The van der Waals surface area contributed by atoms with Crippen molar-refractivity contribution in [2.75, 3.05) is 0 Å². The van der Waals surface area contributed by atoms with Crippen LogP contribution in [0.3, 0.4) is 0 Å². The zero-order valence-corrected chi connectivity index (χ0v) is 15.3. The van der Waals surface area contributed by atoms with Crippen LogP contribution in [-0.4, -0.2) is 16.4 Å². The molecule has 0 spiro atoms. The van der Waals surface area contributed by atoms with Crippen molar-refractivity contribution in [2.45, 2.75) is 0 Å². The Balaban J connectivity index is 2.40. The van der Waals surface area contributed by atoms with Gasteiger partial charge in [0.15, 0.2) is 0 Å². The molecule has 0 unspecified atom stereocenters. The summed E-state index contributed by atoms with van der Waals surface area (Å²) >= 11 is 15.6. The Kier molecular flexibility index (Phi) is 5.12. The lowest BCUT2D eigenvalue weighted by atomic mass is 10.2. The van der Waals surface area contributed by atoms with Gasteiger partial charge in [-0.3, -0.25) is 4.99 Å². The zero-order valence-electron chi connectivity index (χ0n) is 9.74. The van der Waals surface area contributed by atoms with Gasteiger partial charge in [0, 0.05) is 16.8 Å². The van der Waals surface area contributed by atoms with E-state index >= 15 is 0 Å². The minimum Gasteiger partial charge on any atom is -0.506 e. The fraction of sp³-hybridized carbons (Fsp3) is 0. The van der Waals surface area contributed by atoms with E-state index in [2.05, 4.69) is 52.8 Å². The molecule has 104 valence electrons. The van der Waals surface area contributed by atoms with Crippen molar-refractivity contribution in [3.63, 3.8) is 0 Å². The number of nitrogens with zero attached hydrogens (tertiary/aromatic N) is 1. The zero-order chi connectivity index (χ0) is 14.9. The number of phenolic OH excluding ortho intramolecular Hbond substituents is 2. The summed E-state index contributed by atoms with van der Waals surface area (Å²) in [6, 6.07) is 6.53. The molecule has 3 nitrogen and oxygen atoms in total. The molecule has 0 radical (unpaired) electrons. The molecule has 0 bridgehead atoms. The highest BCUT2D eigenvalue weighted by atomic mass is 79.9. The molecule has 2 aromatic carbocycles. The van der Waals surface area contributed by atoms with E-state index in [1.807, 2.05) is 0 Å². The lowest BCUT2D eigenvalue weighted by molar-refractivity contribution is 0.468. The lowest BCUT2D eigenvalue weighted by Crippen LogP contribution is -1.84. The van der Waals surface area contributed by atoms with Crippen LogP contribution in [-0.2, 0) is 0 Å². The first-order valence-electron chi connectivity index (χ1n) is 5.28. The predicted molar refractivity (Wildman–Crippen MR) is 91.6 cm³/mol. The highest BCUT2D eigenvalue weighted by molar-refractivity contribution is 9.11. The molecule has 2 aromatic rings. The first-order valence-corrected chi connectivity index (χ1v) is 8.04. The molecule has 0 saturated heterocycles. The van der Waals surface area contributed by atoms with Crippen LogP contribution in [0.25, 0.3) is 0 Å². The fourth-order valence-electron chi connectivity index (χ4n) is 1.46. The molecule has 0 aliphatic carbocycles. The van der Waals surface area contributed by atoms with Gasteiger partial charge in [-0.05, 0) is 72.1 Å². The largest absolute Gasteiger partial charge is 0.506 e. The van der Waals surface area contributed by atoms with Gasteiger partial charge in [-0.25, -0.2) is 0 Å². The molecular formula is C13H7Br3ClNO2. The fourth-order valence-corrected chi connectivity index (χ4v) is 3.45. The summed E-state index contributed by atoms with van der Waals surface area (Å²) in [5.41, 5.74) is 1.10. The van der Waals surface area contributed by atoms with Crippen molar-refractivity contribution in [1.82, 2.24) is 0 Å². The normalized spacial score (nSPS) is 11.2. The van der Waals surface area contributed by atoms with E-state index in [1.165, 1.54) is 6.21 Å². The Bertz CT molecular complexity index is 681. The van der Waals surface area contributed by atoms with E-state index < -0.39 is 0 Å².